The van der Waals surface area contributed by atoms with Crippen LogP contribution in [0.25, 0.3) is 0 Å². The van der Waals surface area contributed by atoms with Crippen molar-refractivity contribution in [3.05, 3.63) is 47.5 Å². The largest absolute Gasteiger partial charge is 0.477 e. The molecule has 6 nitrogen and oxygen atoms in total. The molecule has 0 aliphatic rings. The van der Waals surface area contributed by atoms with Gasteiger partial charge >= 0.3 is 5.97 Å². The van der Waals surface area contributed by atoms with Gasteiger partial charge < -0.3 is 15.0 Å². The number of imidazole rings is 1. The predicted octanol–water partition coefficient (Wildman–Crippen LogP) is 2.08. The zero-order valence-corrected chi connectivity index (χ0v) is 11.3. The Hall–Kier alpha value is -2.63. The molecule has 20 heavy (non-hydrogen) atoms. The van der Waals surface area contributed by atoms with Crippen molar-refractivity contribution in [1.29, 1.82) is 0 Å². The van der Waals surface area contributed by atoms with Crippen LogP contribution in [-0.4, -0.2) is 33.5 Å². The molecule has 0 fully saturated rings. The molecule has 0 radical (unpaired) electrons. The molecule has 0 saturated heterocycles. The lowest BCUT2D eigenvalue weighted by Gasteiger charge is -2.22. The first-order chi connectivity index (χ1) is 9.56. The van der Waals surface area contributed by atoms with Crippen molar-refractivity contribution in [2.45, 2.75) is 13.8 Å². The highest BCUT2D eigenvalue weighted by molar-refractivity contribution is 6.10. The first kappa shape index (κ1) is 13.8. The van der Waals surface area contributed by atoms with Crippen molar-refractivity contribution in [3.8, 4) is 0 Å². The van der Waals surface area contributed by atoms with E-state index in [4.69, 9.17) is 5.11 Å². The Morgan fingerprint density at radius 1 is 1.35 bits per heavy atom. The molecule has 2 rings (SSSR count). The van der Waals surface area contributed by atoms with Crippen LogP contribution in [0.2, 0.25) is 0 Å². The molecule has 2 N–H and O–H groups in total. The number of benzene rings is 1. The van der Waals surface area contributed by atoms with Gasteiger partial charge in [-0.1, -0.05) is 18.2 Å². The summed E-state index contributed by atoms with van der Waals surface area (Å²) >= 11 is 0. The monoisotopic (exact) mass is 273 g/mol. The lowest BCUT2D eigenvalue weighted by atomic mass is 10.1. The lowest BCUT2D eigenvalue weighted by Crippen LogP contribution is -2.32. The number of anilines is 1. The summed E-state index contributed by atoms with van der Waals surface area (Å²) in [5.74, 6) is -1.63. The van der Waals surface area contributed by atoms with Crippen molar-refractivity contribution in [2.75, 3.05) is 11.4 Å². The maximum absolute atomic E-state index is 12.5. The lowest BCUT2D eigenvalue weighted by molar-refractivity contribution is 0.0686. The Bertz CT molecular complexity index is 649. The van der Waals surface area contributed by atoms with E-state index in [0.29, 0.717) is 6.54 Å². The van der Waals surface area contributed by atoms with E-state index in [1.165, 1.54) is 11.2 Å². The van der Waals surface area contributed by atoms with Crippen molar-refractivity contribution >= 4 is 17.6 Å². The van der Waals surface area contributed by atoms with E-state index in [9.17, 15) is 9.59 Å². The molecule has 0 aliphatic heterocycles. The smallest absolute Gasteiger partial charge is 0.354 e. The van der Waals surface area contributed by atoms with E-state index in [1.54, 1.807) is 0 Å². The molecule has 1 aromatic heterocycles. The van der Waals surface area contributed by atoms with Crippen LogP contribution in [0.3, 0.4) is 0 Å². The molecular formula is C14H15N3O3. The number of aromatic nitrogens is 2. The predicted molar refractivity (Wildman–Crippen MR) is 74.1 cm³/mol. The van der Waals surface area contributed by atoms with Crippen LogP contribution in [0.15, 0.2) is 30.6 Å². The van der Waals surface area contributed by atoms with Crippen LogP contribution in [0, 0.1) is 6.92 Å². The number of hydrogen-bond donors (Lipinski definition) is 2. The summed E-state index contributed by atoms with van der Waals surface area (Å²) in [6.07, 6.45) is 1.21. The average Bonchev–Trinajstić information content (AvgIpc) is 2.91. The minimum absolute atomic E-state index is 0.0809. The van der Waals surface area contributed by atoms with Crippen LogP contribution in [0.4, 0.5) is 5.69 Å². The molecule has 6 heteroatoms. The number of aromatic amines is 1. The number of carboxylic acid groups (broad SMARTS) is 1. The SMILES string of the molecule is CCN(C(=O)c1nc[nH]c1C(=O)O)c1ccccc1C. The highest BCUT2D eigenvalue weighted by Gasteiger charge is 2.25. The summed E-state index contributed by atoms with van der Waals surface area (Å²) in [6, 6.07) is 7.44. The topological polar surface area (TPSA) is 86.3 Å². The fourth-order valence-electron chi connectivity index (χ4n) is 2.04. The number of amides is 1. The molecular weight excluding hydrogens is 258 g/mol. The number of H-pyrrole nitrogens is 1. The minimum Gasteiger partial charge on any atom is -0.477 e. The summed E-state index contributed by atoms with van der Waals surface area (Å²) < 4.78 is 0. The number of nitrogens with one attached hydrogen (secondary N) is 1. The number of nitrogens with zero attached hydrogens (tertiary/aromatic N) is 2. The number of para-hydroxylation sites is 1. The molecule has 0 spiro atoms. The van der Waals surface area contributed by atoms with Gasteiger partial charge in [-0.15, -0.1) is 0 Å². The standard InChI is InChI=1S/C14H15N3O3/c1-3-17(10-7-5-4-6-9(10)2)13(18)11-12(14(19)20)16-8-15-11/h4-8H,3H2,1-2H3,(H,15,16)(H,19,20). The third kappa shape index (κ3) is 2.40. The second-order valence-electron chi connectivity index (χ2n) is 4.27. The number of aromatic carboxylic acids is 1. The second kappa shape index (κ2) is 5.56. The Morgan fingerprint density at radius 3 is 2.65 bits per heavy atom. The van der Waals surface area contributed by atoms with E-state index in [1.807, 2.05) is 38.1 Å². The summed E-state index contributed by atoms with van der Waals surface area (Å²) in [7, 11) is 0. The fourth-order valence-corrected chi connectivity index (χ4v) is 2.04. The Morgan fingerprint density at radius 2 is 2.05 bits per heavy atom. The van der Waals surface area contributed by atoms with E-state index in [-0.39, 0.29) is 11.4 Å². The van der Waals surface area contributed by atoms with Gasteiger partial charge in [0.05, 0.1) is 6.33 Å². The van der Waals surface area contributed by atoms with E-state index in [0.717, 1.165) is 11.3 Å². The van der Waals surface area contributed by atoms with Crippen molar-refractivity contribution in [1.82, 2.24) is 9.97 Å². The molecule has 0 saturated carbocycles. The Balaban J connectivity index is 2.42. The van der Waals surface area contributed by atoms with Crippen molar-refractivity contribution in [2.24, 2.45) is 0 Å². The van der Waals surface area contributed by atoms with Crippen LogP contribution >= 0.6 is 0 Å². The van der Waals surface area contributed by atoms with Crippen LogP contribution in [0.5, 0.6) is 0 Å². The zero-order chi connectivity index (χ0) is 14.7. The molecule has 0 bridgehead atoms. The number of rotatable bonds is 4. The highest BCUT2D eigenvalue weighted by Crippen LogP contribution is 2.21. The third-order valence-electron chi connectivity index (χ3n) is 3.02. The van der Waals surface area contributed by atoms with Gasteiger partial charge in [0, 0.05) is 12.2 Å². The van der Waals surface area contributed by atoms with Gasteiger partial charge in [0.1, 0.15) is 0 Å². The summed E-state index contributed by atoms with van der Waals surface area (Å²) in [5, 5.41) is 9.04. The third-order valence-corrected chi connectivity index (χ3v) is 3.02. The average molecular weight is 273 g/mol. The summed E-state index contributed by atoms with van der Waals surface area (Å²) in [6.45, 7) is 4.15. The number of carbonyl (C=O) groups is 2. The first-order valence-corrected chi connectivity index (χ1v) is 6.20. The summed E-state index contributed by atoms with van der Waals surface area (Å²) in [4.78, 5) is 31.4. The number of aryl methyl sites for hydroxylation is 1. The van der Waals surface area contributed by atoms with Gasteiger partial charge in [-0.3, -0.25) is 4.79 Å². The number of hydrogen-bond acceptors (Lipinski definition) is 3. The van der Waals surface area contributed by atoms with E-state index in [2.05, 4.69) is 9.97 Å². The van der Waals surface area contributed by atoms with E-state index < -0.39 is 11.9 Å². The van der Waals surface area contributed by atoms with Crippen LogP contribution in [0.1, 0.15) is 33.5 Å². The van der Waals surface area contributed by atoms with E-state index >= 15 is 0 Å². The van der Waals surface area contributed by atoms with Gasteiger partial charge in [0.15, 0.2) is 11.4 Å². The molecule has 104 valence electrons. The summed E-state index contributed by atoms with van der Waals surface area (Å²) in [5.41, 5.74) is 1.42. The molecule has 0 aliphatic carbocycles. The van der Waals surface area contributed by atoms with Gasteiger partial charge in [-0.05, 0) is 25.5 Å². The zero-order valence-electron chi connectivity index (χ0n) is 11.3. The van der Waals surface area contributed by atoms with Crippen LogP contribution in [-0.2, 0) is 0 Å². The van der Waals surface area contributed by atoms with Gasteiger partial charge in [-0.25, -0.2) is 9.78 Å². The maximum atomic E-state index is 12.5. The van der Waals surface area contributed by atoms with Crippen molar-refractivity contribution in [3.63, 3.8) is 0 Å². The molecule has 1 heterocycles. The van der Waals surface area contributed by atoms with Gasteiger partial charge in [0.25, 0.3) is 5.91 Å². The molecule has 0 atom stereocenters. The quantitative estimate of drug-likeness (QED) is 0.893. The first-order valence-electron chi connectivity index (χ1n) is 6.20. The second-order valence-corrected chi connectivity index (χ2v) is 4.27. The Kier molecular flexibility index (Phi) is 3.84. The Labute approximate surface area is 116 Å². The fraction of sp³-hybridized carbons (Fsp3) is 0.214. The van der Waals surface area contributed by atoms with Crippen LogP contribution < -0.4 is 4.90 Å². The molecule has 1 aromatic carbocycles. The molecule has 2 aromatic rings. The van der Waals surface area contributed by atoms with Gasteiger partial charge in [0.2, 0.25) is 0 Å². The highest BCUT2D eigenvalue weighted by atomic mass is 16.4. The normalized spacial score (nSPS) is 10.3. The molecule has 1 amide bonds. The minimum atomic E-state index is -1.20. The number of carbonyl (C=O) groups excluding carboxylic acids is 1. The molecule has 0 unspecified atom stereocenters. The van der Waals surface area contributed by atoms with Gasteiger partial charge in [-0.2, -0.15) is 0 Å². The van der Waals surface area contributed by atoms with Crippen molar-refractivity contribution < 1.29 is 14.7 Å². The maximum Gasteiger partial charge on any atom is 0.354 e. The number of carboxylic acids is 1.